The highest BCUT2D eigenvalue weighted by atomic mass is 79.9. The number of hydrogen-bond acceptors (Lipinski definition) is 6. The molecule has 1 aromatic heterocycles. The van der Waals surface area contributed by atoms with Crippen molar-refractivity contribution < 1.29 is 18.8 Å². The molecular formula is C20H17BrFN3O3S. The van der Waals surface area contributed by atoms with Gasteiger partial charge in [-0.3, -0.25) is 20.4 Å². The van der Waals surface area contributed by atoms with Gasteiger partial charge in [-0.1, -0.05) is 28.1 Å². The largest absolute Gasteiger partial charge is 0.379 e. The Morgan fingerprint density at radius 2 is 2.10 bits per heavy atom. The first kappa shape index (κ1) is 20.0. The van der Waals surface area contributed by atoms with Crippen LogP contribution in [0.3, 0.4) is 0 Å². The Morgan fingerprint density at radius 3 is 2.86 bits per heavy atom. The summed E-state index contributed by atoms with van der Waals surface area (Å²) in [5, 5.41) is 5.08. The molecule has 1 aliphatic rings. The number of ether oxygens (including phenoxy) is 1. The average Bonchev–Trinajstić information content (AvgIpc) is 3.39. The van der Waals surface area contributed by atoms with E-state index in [9.17, 15) is 9.18 Å². The third kappa shape index (κ3) is 4.99. The van der Waals surface area contributed by atoms with Gasteiger partial charge in [-0.05, 0) is 24.3 Å². The molecule has 3 aromatic rings. The zero-order valence-electron chi connectivity index (χ0n) is 15.2. The van der Waals surface area contributed by atoms with Crippen molar-refractivity contribution in [1.82, 2.24) is 4.98 Å². The number of benzene rings is 2. The average molecular weight is 478 g/mol. The summed E-state index contributed by atoms with van der Waals surface area (Å²) in [6.45, 7) is 1.08. The molecule has 1 aliphatic heterocycles. The van der Waals surface area contributed by atoms with Crippen LogP contribution in [0.2, 0.25) is 0 Å². The Labute approximate surface area is 179 Å². The summed E-state index contributed by atoms with van der Waals surface area (Å²) in [4.78, 5) is 22.7. The zero-order chi connectivity index (χ0) is 20.2. The molecule has 2 N–H and O–H groups in total. The van der Waals surface area contributed by atoms with Gasteiger partial charge in [0, 0.05) is 34.5 Å². The summed E-state index contributed by atoms with van der Waals surface area (Å²) in [5.74, 6) is -0.877. The molecule has 9 heteroatoms. The number of anilines is 2. The van der Waals surface area contributed by atoms with Gasteiger partial charge in [0.1, 0.15) is 11.9 Å². The first-order chi connectivity index (χ1) is 14.1. The van der Waals surface area contributed by atoms with Crippen LogP contribution >= 0.6 is 27.3 Å². The Bertz CT molecular complexity index is 1010. The Hall–Kier alpha value is -2.33. The van der Waals surface area contributed by atoms with Crippen molar-refractivity contribution in [3.63, 3.8) is 0 Å². The van der Waals surface area contributed by atoms with Gasteiger partial charge in [0.15, 0.2) is 5.13 Å². The lowest BCUT2D eigenvalue weighted by Gasteiger charge is -2.14. The number of halogens is 2. The van der Waals surface area contributed by atoms with E-state index in [0.717, 1.165) is 22.2 Å². The second-order valence-electron chi connectivity index (χ2n) is 6.39. The molecule has 2 aromatic carbocycles. The zero-order valence-corrected chi connectivity index (χ0v) is 17.6. The lowest BCUT2D eigenvalue weighted by atomic mass is 10.1. The maximum absolute atomic E-state index is 13.7. The predicted molar refractivity (Wildman–Crippen MR) is 114 cm³/mol. The lowest BCUT2D eigenvalue weighted by molar-refractivity contribution is 0.0796. The maximum Gasteiger partial charge on any atom is 0.259 e. The van der Waals surface area contributed by atoms with Crippen LogP contribution in [-0.4, -0.2) is 30.2 Å². The molecule has 1 atom stereocenters. The summed E-state index contributed by atoms with van der Waals surface area (Å²) < 4.78 is 19.9. The summed E-state index contributed by atoms with van der Waals surface area (Å²) >= 11 is 4.72. The van der Waals surface area contributed by atoms with E-state index < -0.39 is 11.7 Å². The normalized spacial score (nSPS) is 16.0. The molecule has 0 spiro atoms. The minimum Gasteiger partial charge on any atom is -0.379 e. The minimum absolute atomic E-state index is 0.137. The number of amides is 1. The van der Waals surface area contributed by atoms with Gasteiger partial charge >= 0.3 is 0 Å². The maximum atomic E-state index is 13.7. The van der Waals surface area contributed by atoms with Crippen LogP contribution in [0.15, 0.2) is 52.3 Å². The fraction of sp³-hybridized carbons (Fsp3) is 0.200. The molecule has 1 unspecified atom stereocenters. The number of carbonyl (C=O) groups is 1. The molecule has 4 rings (SSSR count). The van der Waals surface area contributed by atoms with Crippen LogP contribution in [0.25, 0.3) is 11.3 Å². The molecule has 0 bridgehead atoms. The highest BCUT2D eigenvalue weighted by Gasteiger charge is 2.19. The predicted octanol–water partition coefficient (Wildman–Crippen LogP) is 5.10. The van der Waals surface area contributed by atoms with Crippen LogP contribution in [0.5, 0.6) is 0 Å². The first-order valence-electron chi connectivity index (χ1n) is 8.90. The van der Waals surface area contributed by atoms with Crippen molar-refractivity contribution in [1.29, 1.82) is 0 Å². The van der Waals surface area contributed by atoms with Crippen molar-refractivity contribution in [3.05, 3.63) is 63.7 Å². The molecule has 1 fully saturated rings. The fourth-order valence-corrected chi connectivity index (χ4v) is 3.78. The standard InChI is InChI=1S/C20H17BrFN3O3S/c21-13-3-1-12(2-4-13)18-11-29-20(23-18)24-19(26)16-6-5-14(22)9-17(16)25-28-15-7-8-27-10-15/h1-6,9,11,15,25H,7-8,10H2,(H,23,24,26). The van der Waals surface area contributed by atoms with Crippen molar-refractivity contribution in [2.75, 3.05) is 24.0 Å². The molecule has 150 valence electrons. The molecule has 0 radical (unpaired) electrons. The molecule has 29 heavy (non-hydrogen) atoms. The van der Waals surface area contributed by atoms with E-state index in [2.05, 4.69) is 31.7 Å². The van der Waals surface area contributed by atoms with Gasteiger partial charge in [-0.15, -0.1) is 11.3 Å². The third-order valence-electron chi connectivity index (χ3n) is 4.31. The number of nitrogens with zero attached hydrogens (tertiary/aromatic N) is 1. The number of carbonyl (C=O) groups excluding carboxylic acids is 1. The molecular weight excluding hydrogens is 461 g/mol. The second kappa shape index (κ2) is 9.00. The van der Waals surface area contributed by atoms with E-state index in [4.69, 9.17) is 9.57 Å². The Balaban J connectivity index is 1.47. The lowest BCUT2D eigenvalue weighted by Crippen LogP contribution is -2.20. The minimum atomic E-state index is -0.470. The number of nitrogens with one attached hydrogen (secondary N) is 2. The summed E-state index contributed by atoms with van der Waals surface area (Å²) in [6.07, 6.45) is 0.600. The van der Waals surface area contributed by atoms with E-state index in [-0.39, 0.29) is 17.4 Å². The highest BCUT2D eigenvalue weighted by molar-refractivity contribution is 9.10. The SMILES string of the molecule is O=C(Nc1nc(-c2ccc(Br)cc2)cs1)c1ccc(F)cc1NOC1CCOC1. The molecule has 6 nitrogen and oxygen atoms in total. The van der Waals surface area contributed by atoms with Gasteiger partial charge < -0.3 is 4.74 Å². The summed E-state index contributed by atoms with van der Waals surface area (Å²) in [5.41, 5.74) is 4.91. The van der Waals surface area contributed by atoms with Gasteiger partial charge in [-0.2, -0.15) is 0 Å². The highest BCUT2D eigenvalue weighted by Crippen LogP contribution is 2.27. The van der Waals surface area contributed by atoms with E-state index in [0.29, 0.717) is 18.3 Å². The molecule has 1 amide bonds. The van der Waals surface area contributed by atoms with Crippen LogP contribution in [-0.2, 0) is 9.57 Å². The third-order valence-corrected chi connectivity index (χ3v) is 5.60. The first-order valence-corrected chi connectivity index (χ1v) is 10.6. The van der Waals surface area contributed by atoms with Crippen molar-refractivity contribution in [2.45, 2.75) is 12.5 Å². The Morgan fingerprint density at radius 1 is 1.28 bits per heavy atom. The van der Waals surface area contributed by atoms with Crippen LogP contribution in [0.4, 0.5) is 15.2 Å². The molecule has 2 heterocycles. The van der Waals surface area contributed by atoms with E-state index in [1.807, 2.05) is 29.6 Å². The van der Waals surface area contributed by atoms with Gasteiger partial charge in [0.2, 0.25) is 0 Å². The van der Waals surface area contributed by atoms with E-state index >= 15 is 0 Å². The summed E-state index contributed by atoms with van der Waals surface area (Å²) in [7, 11) is 0. The number of thiazole rings is 1. The van der Waals surface area contributed by atoms with Crippen LogP contribution in [0, 0.1) is 5.82 Å². The molecule has 1 saturated heterocycles. The molecule has 0 aliphatic carbocycles. The number of aromatic nitrogens is 1. The second-order valence-corrected chi connectivity index (χ2v) is 8.17. The molecule has 0 saturated carbocycles. The van der Waals surface area contributed by atoms with Crippen LogP contribution < -0.4 is 10.8 Å². The van der Waals surface area contributed by atoms with Crippen molar-refractivity contribution in [2.24, 2.45) is 0 Å². The number of hydrogen-bond donors (Lipinski definition) is 2. The smallest absolute Gasteiger partial charge is 0.259 e. The Kier molecular flexibility index (Phi) is 6.19. The van der Waals surface area contributed by atoms with Crippen LogP contribution in [0.1, 0.15) is 16.8 Å². The van der Waals surface area contributed by atoms with Crippen molar-refractivity contribution >= 4 is 44.0 Å². The van der Waals surface area contributed by atoms with Gasteiger partial charge in [0.05, 0.1) is 23.6 Å². The van der Waals surface area contributed by atoms with Gasteiger partial charge in [0.25, 0.3) is 5.91 Å². The van der Waals surface area contributed by atoms with E-state index in [1.165, 1.54) is 29.5 Å². The van der Waals surface area contributed by atoms with Gasteiger partial charge in [-0.25, -0.2) is 9.37 Å². The summed E-state index contributed by atoms with van der Waals surface area (Å²) in [6, 6.07) is 11.6. The topological polar surface area (TPSA) is 72.5 Å². The monoisotopic (exact) mass is 477 g/mol. The fourth-order valence-electron chi connectivity index (χ4n) is 2.80. The van der Waals surface area contributed by atoms with E-state index in [1.54, 1.807) is 0 Å². The number of rotatable bonds is 6. The van der Waals surface area contributed by atoms with Crippen molar-refractivity contribution in [3.8, 4) is 11.3 Å². The quantitative estimate of drug-likeness (QED) is 0.483.